The Morgan fingerprint density at radius 1 is 1.41 bits per heavy atom. The standard InChI is InChI=1S/C14H21FO2/c1-6-14(4,9(2)3)10-7-11(15)13(16)12(8-10)17-5/h7-9,16H,6H2,1-5H3. The number of phenols is 1. The van der Waals surface area contributed by atoms with Gasteiger partial charge in [0, 0.05) is 0 Å². The Bertz CT molecular complexity index is 401. The van der Waals surface area contributed by atoms with Crippen LogP contribution in [0, 0.1) is 11.7 Å². The van der Waals surface area contributed by atoms with Gasteiger partial charge in [0.15, 0.2) is 17.3 Å². The number of hydrogen-bond acceptors (Lipinski definition) is 2. The molecule has 1 aromatic carbocycles. The minimum atomic E-state index is -0.625. The normalized spacial score (nSPS) is 14.8. The number of ether oxygens (including phenoxy) is 1. The lowest BCUT2D eigenvalue weighted by Crippen LogP contribution is -2.27. The van der Waals surface area contributed by atoms with Crippen LogP contribution in [0.15, 0.2) is 12.1 Å². The minimum Gasteiger partial charge on any atom is -0.502 e. The van der Waals surface area contributed by atoms with Crippen molar-refractivity contribution < 1.29 is 14.2 Å². The third-order valence-electron chi connectivity index (χ3n) is 3.92. The van der Waals surface area contributed by atoms with Crippen molar-refractivity contribution in [3.63, 3.8) is 0 Å². The van der Waals surface area contributed by atoms with Crippen LogP contribution >= 0.6 is 0 Å². The molecular formula is C14H21FO2. The van der Waals surface area contributed by atoms with Gasteiger partial charge in [-0.05, 0) is 35.4 Å². The summed E-state index contributed by atoms with van der Waals surface area (Å²) in [5.41, 5.74) is 0.740. The van der Waals surface area contributed by atoms with E-state index in [9.17, 15) is 9.50 Å². The molecule has 0 aliphatic rings. The lowest BCUT2D eigenvalue weighted by molar-refractivity contribution is 0.316. The molecule has 1 unspecified atom stereocenters. The molecule has 1 rings (SSSR count). The molecule has 96 valence electrons. The maximum atomic E-state index is 13.6. The summed E-state index contributed by atoms with van der Waals surface area (Å²) in [6.07, 6.45) is 0.901. The molecular weight excluding hydrogens is 219 g/mol. The lowest BCUT2D eigenvalue weighted by Gasteiger charge is -2.33. The fraction of sp³-hybridized carbons (Fsp3) is 0.571. The van der Waals surface area contributed by atoms with Crippen molar-refractivity contribution in [3.05, 3.63) is 23.5 Å². The Kier molecular flexibility index (Phi) is 4.02. The number of phenolic OH excluding ortho intramolecular Hbond substituents is 1. The second-order valence-corrected chi connectivity index (χ2v) is 4.93. The van der Waals surface area contributed by atoms with Crippen molar-refractivity contribution in [2.24, 2.45) is 5.92 Å². The molecule has 0 aliphatic heterocycles. The third-order valence-corrected chi connectivity index (χ3v) is 3.92. The molecule has 0 bridgehead atoms. The molecule has 2 nitrogen and oxygen atoms in total. The van der Waals surface area contributed by atoms with Crippen LogP contribution in [0.1, 0.15) is 39.7 Å². The predicted molar refractivity (Wildman–Crippen MR) is 67.1 cm³/mol. The second kappa shape index (κ2) is 4.94. The van der Waals surface area contributed by atoms with Gasteiger partial charge < -0.3 is 9.84 Å². The van der Waals surface area contributed by atoms with Gasteiger partial charge in [-0.25, -0.2) is 4.39 Å². The highest BCUT2D eigenvalue weighted by atomic mass is 19.1. The SMILES string of the molecule is CCC(C)(c1cc(F)c(O)c(OC)c1)C(C)C. The first-order valence-corrected chi connectivity index (χ1v) is 5.93. The number of hydrogen-bond donors (Lipinski definition) is 1. The van der Waals surface area contributed by atoms with E-state index in [2.05, 4.69) is 27.7 Å². The zero-order valence-corrected chi connectivity index (χ0v) is 11.2. The molecule has 1 N–H and O–H groups in total. The molecule has 0 saturated carbocycles. The number of halogens is 1. The molecule has 0 aromatic heterocycles. The Hall–Kier alpha value is -1.25. The first kappa shape index (κ1) is 13.8. The van der Waals surface area contributed by atoms with E-state index in [1.807, 2.05) is 0 Å². The highest BCUT2D eigenvalue weighted by Crippen LogP contribution is 2.40. The number of aromatic hydroxyl groups is 1. The van der Waals surface area contributed by atoms with Crippen molar-refractivity contribution in [1.29, 1.82) is 0 Å². The molecule has 1 atom stereocenters. The van der Waals surface area contributed by atoms with Crippen LogP contribution in [0.3, 0.4) is 0 Å². The van der Waals surface area contributed by atoms with E-state index < -0.39 is 11.6 Å². The van der Waals surface area contributed by atoms with Crippen molar-refractivity contribution in [2.75, 3.05) is 7.11 Å². The smallest absolute Gasteiger partial charge is 0.194 e. The zero-order valence-electron chi connectivity index (χ0n) is 11.2. The van der Waals surface area contributed by atoms with Crippen LogP contribution in [0.2, 0.25) is 0 Å². The molecule has 1 aromatic rings. The van der Waals surface area contributed by atoms with Gasteiger partial charge in [0.1, 0.15) is 0 Å². The maximum Gasteiger partial charge on any atom is 0.194 e. The minimum absolute atomic E-state index is 0.123. The van der Waals surface area contributed by atoms with Gasteiger partial charge in [-0.3, -0.25) is 0 Å². The van der Waals surface area contributed by atoms with Gasteiger partial charge in [0.25, 0.3) is 0 Å². The molecule has 3 heteroatoms. The van der Waals surface area contributed by atoms with Crippen molar-refractivity contribution in [1.82, 2.24) is 0 Å². The van der Waals surface area contributed by atoms with Gasteiger partial charge in [-0.1, -0.05) is 27.7 Å². The fourth-order valence-electron chi connectivity index (χ4n) is 2.00. The van der Waals surface area contributed by atoms with Gasteiger partial charge >= 0.3 is 0 Å². The Balaban J connectivity index is 3.36. The second-order valence-electron chi connectivity index (χ2n) is 4.93. The molecule has 0 heterocycles. The summed E-state index contributed by atoms with van der Waals surface area (Å²) in [5.74, 6) is -0.473. The summed E-state index contributed by atoms with van der Waals surface area (Å²) in [5, 5.41) is 9.50. The molecule has 0 radical (unpaired) electrons. The summed E-state index contributed by atoms with van der Waals surface area (Å²) in [6.45, 7) is 8.40. The van der Waals surface area contributed by atoms with Gasteiger partial charge in [0.2, 0.25) is 0 Å². The zero-order chi connectivity index (χ0) is 13.2. The molecule has 0 amide bonds. The van der Waals surface area contributed by atoms with E-state index in [0.29, 0.717) is 5.92 Å². The fourth-order valence-corrected chi connectivity index (χ4v) is 2.00. The van der Waals surface area contributed by atoms with Crippen LogP contribution in [-0.2, 0) is 5.41 Å². The molecule has 0 aliphatic carbocycles. The Morgan fingerprint density at radius 3 is 2.41 bits per heavy atom. The number of rotatable bonds is 4. The summed E-state index contributed by atoms with van der Waals surface area (Å²) in [7, 11) is 1.43. The first-order chi connectivity index (χ1) is 7.86. The highest BCUT2D eigenvalue weighted by molar-refractivity contribution is 5.45. The summed E-state index contributed by atoms with van der Waals surface area (Å²) >= 11 is 0. The van der Waals surface area contributed by atoms with Crippen LogP contribution in [-0.4, -0.2) is 12.2 Å². The van der Waals surface area contributed by atoms with E-state index in [-0.39, 0.29) is 11.2 Å². The number of benzene rings is 1. The van der Waals surface area contributed by atoms with Crippen molar-refractivity contribution in [3.8, 4) is 11.5 Å². The van der Waals surface area contributed by atoms with Crippen LogP contribution < -0.4 is 4.74 Å². The maximum absolute atomic E-state index is 13.6. The monoisotopic (exact) mass is 240 g/mol. The largest absolute Gasteiger partial charge is 0.502 e. The molecule has 17 heavy (non-hydrogen) atoms. The third kappa shape index (κ3) is 2.38. The van der Waals surface area contributed by atoms with Gasteiger partial charge in [0.05, 0.1) is 7.11 Å². The average Bonchev–Trinajstić information content (AvgIpc) is 2.31. The lowest BCUT2D eigenvalue weighted by atomic mass is 9.71. The topological polar surface area (TPSA) is 29.5 Å². The van der Waals surface area contributed by atoms with E-state index in [4.69, 9.17) is 4.74 Å². The summed E-state index contributed by atoms with van der Waals surface area (Å²) in [6, 6.07) is 3.13. The van der Waals surface area contributed by atoms with Crippen molar-refractivity contribution >= 4 is 0 Å². The first-order valence-electron chi connectivity index (χ1n) is 5.93. The summed E-state index contributed by atoms with van der Waals surface area (Å²) < 4.78 is 18.6. The number of methoxy groups -OCH3 is 1. The molecule has 0 saturated heterocycles. The van der Waals surface area contributed by atoms with E-state index in [1.54, 1.807) is 6.07 Å². The predicted octanol–water partition coefficient (Wildman–Crippen LogP) is 3.86. The van der Waals surface area contributed by atoms with Crippen molar-refractivity contribution in [2.45, 2.75) is 39.5 Å². The van der Waals surface area contributed by atoms with Gasteiger partial charge in [-0.15, -0.1) is 0 Å². The molecule has 0 spiro atoms. The van der Waals surface area contributed by atoms with Crippen LogP contribution in [0.25, 0.3) is 0 Å². The van der Waals surface area contributed by atoms with Gasteiger partial charge in [-0.2, -0.15) is 0 Å². The van der Waals surface area contributed by atoms with Crippen LogP contribution in [0.4, 0.5) is 4.39 Å². The van der Waals surface area contributed by atoms with E-state index in [1.165, 1.54) is 13.2 Å². The summed E-state index contributed by atoms with van der Waals surface area (Å²) in [4.78, 5) is 0. The quantitative estimate of drug-likeness (QED) is 0.865. The highest BCUT2D eigenvalue weighted by Gasteiger charge is 2.30. The van der Waals surface area contributed by atoms with Crippen LogP contribution in [0.5, 0.6) is 11.5 Å². The Labute approximate surface area is 102 Å². The average molecular weight is 240 g/mol. The van der Waals surface area contributed by atoms with E-state index >= 15 is 0 Å². The molecule has 0 fully saturated rings. The Morgan fingerprint density at radius 2 is 2.00 bits per heavy atom. The van der Waals surface area contributed by atoms with E-state index in [0.717, 1.165) is 12.0 Å².